The number of carboxylic acids is 1. The molecule has 2 aromatic heterocycles. The largest absolute Gasteiger partial charge is 0.477 e. The predicted molar refractivity (Wildman–Crippen MR) is 57.3 cm³/mol. The van der Waals surface area contributed by atoms with Crippen molar-refractivity contribution < 1.29 is 9.90 Å². The highest BCUT2D eigenvalue weighted by Gasteiger charge is 2.13. The fraction of sp³-hybridized carbons (Fsp3) is 0.200. The molecule has 0 amide bonds. The van der Waals surface area contributed by atoms with Crippen molar-refractivity contribution in [1.29, 1.82) is 0 Å². The van der Waals surface area contributed by atoms with E-state index in [2.05, 4.69) is 4.98 Å². The lowest BCUT2D eigenvalue weighted by Gasteiger charge is -2.00. The topological polar surface area (TPSA) is 55.1 Å². The van der Waals surface area contributed by atoms with Gasteiger partial charge in [0, 0.05) is 25.9 Å². The first-order valence-corrected chi connectivity index (χ1v) is 5.32. The molecule has 2 rings (SSSR count). The van der Waals surface area contributed by atoms with Gasteiger partial charge in [0.15, 0.2) is 0 Å². The predicted octanol–water partition coefficient (Wildman–Crippen LogP) is 1.77. The van der Waals surface area contributed by atoms with Gasteiger partial charge in [0.25, 0.3) is 0 Å². The van der Waals surface area contributed by atoms with Crippen LogP contribution in [0.5, 0.6) is 0 Å². The summed E-state index contributed by atoms with van der Waals surface area (Å²) in [6.07, 6.45) is 4.12. The lowest BCUT2D eigenvalue weighted by molar-refractivity contribution is 0.0701. The number of aromatic nitrogens is 2. The molecule has 4 nitrogen and oxygen atoms in total. The number of hydrogen-bond acceptors (Lipinski definition) is 3. The van der Waals surface area contributed by atoms with E-state index in [1.807, 2.05) is 23.9 Å². The molecule has 0 spiro atoms. The molecular formula is C10H10N2O2S. The van der Waals surface area contributed by atoms with Crippen LogP contribution in [0.15, 0.2) is 23.8 Å². The van der Waals surface area contributed by atoms with Crippen LogP contribution in [0.3, 0.4) is 0 Å². The molecule has 0 aliphatic heterocycles. The Balaban J connectivity index is 2.28. The summed E-state index contributed by atoms with van der Waals surface area (Å²) in [5, 5.41) is 10.7. The molecule has 0 bridgehead atoms. The van der Waals surface area contributed by atoms with Gasteiger partial charge < -0.3 is 9.67 Å². The summed E-state index contributed by atoms with van der Waals surface area (Å²) in [6, 6.07) is 1.84. The van der Waals surface area contributed by atoms with Crippen molar-refractivity contribution >= 4 is 17.3 Å². The maximum atomic E-state index is 10.9. The zero-order chi connectivity index (χ0) is 10.8. The van der Waals surface area contributed by atoms with Gasteiger partial charge in [-0.1, -0.05) is 0 Å². The van der Waals surface area contributed by atoms with Crippen LogP contribution in [0, 0.1) is 0 Å². The highest BCUT2D eigenvalue weighted by atomic mass is 32.1. The number of rotatable bonds is 3. The molecule has 0 saturated heterocycles. The van der Waals surface area contributed by atoms with Crippen molar-refractivity contribution in [3.63, 3.8) is 0 Å². The SMILES string of the molecule is Cn1ccnc1Cc1ccsc1C(=O)O. The molecule has 5 heteroatoms. The zero-order valence-corrected chi connectivity index (χ0v) is 8.99. The summed E-state index contributed by atoms with van der Waals surface area (Å²) in [6.45, 7) is 0. The van der Waals surface area contributed by atoms with Crippen LogP contribution >= 0.6 is 11.3 Å². The molecule has 0 saturated carbocycles. The van der Waals surface area contributed by atoms with Crippen molar-refractivity contribution in [2.45, 2.75) is 6.42 Å². The fourth-order valence-corrected chi connectivity index (χ4v) is 2.16. The van der Waals surface area contributed by atoms with Crippen LogP contribution in [-0.4, -0.2) is 20.6 Å². The van der Waals surface area contributed by atoms with Crippen molar-refractivity contribution in [2.75, 3.05) is 0 Å². The molecule has 0 atom stereocenters. The second-order valence-corrected chi connectivity index (χ2v) is 4.13. The molecule has 78 valence electrons. The first kappa shape index (κ1) is 9.92. The molecular weight excluding hydrogens is 212 g/mol. The Bertz CT molecular complexity index is 487. The van der Waals surface area contributed by atoms with Crippen LogP contribution in [0.4, 0.5) is 0 Å². The Hall–Kier alpha value is -1.62. The molecule has 1 N–H and O–H groups in total. The minimum Gasteiger partial charge on any atom is -0.477 e. The Morgan fingerprint density at radius 2 is 2.47 bits per heavy atom. The van der Waals surface area contributed by atoms with Crippen molar-refractivity contribution in [3.8, 4) is 0 Å². The third-order valence-electron chi connectivity index (χ3n) is 2.21. The second kappa shape index (κ2) is 3.86. The zero-order valence-electron chi connectivity index (χ0n) is 8.17. The van der Waals surface area contributed by atoms with E-state index in [1.165, 1.54) is 11.3 Å². The summed E-state index contributed by atoms with van der Waals surface area (Å²) < 4.78 is 1.89. The van der Waals surface area contributed by atoms with Crippen molar-refractivity contribution in [1.82, 2.24) is 9.55 Å². The molecule has 15 heavy (non-hydrogen) atoms. The van der Waals surface area contributed by atoms with Gasteiger partial charge in [0.05, 0.1) is 0 Å². The Morgan fingerprint density at radius 1 is 1.67 bits per heavy atom. The first-order chi connectivity index (χ1) is 7.18. The molecule has 0 fully saturated rings. The smallest absolute Gasteiger partial charge is 0.346 e. The molecule has 2 heterocycles. The molecule has 2 aromatic rings. The maximum Gasteiger partial charge on any atom is 0.346 e. The lowest BCUT2D eigenvalue weighted by atomic mass is 10.2. The van der Waals surface area contributed by atoms with E-state index in [0.29, 0.717) is 11.3 Å². The van der Waals surface area contributed by atoms with E-state index < -0.39 is 5.97 Å². The van der Waals surface area contributed by atoms with Crippen LogP contribution in [0.1, 0.15) is 21.1 Å². The number of carbonyl (C=O) groups is 1. The summed E-state index contributed by atoms with van der Waals surface area (Å²) >= 11 is 1.25. The van der Waals surface area contributed by atoms with Gasteiger partial charge in [0.2, 0.25) is 0 Å². The third-order valence-corrected chi connectivity index (χ3v) is 3.16. The second-order valence-electron chi connectivity index (χ2n) is 3.21. The number of aromatic carboxylic acids is 1. The normalized spacial score (nSPS) is 10.5. The van der Waals surface area contributed by atoms with Gasteiger partial charge in [-0.3, -0.25) is 0 Å². The van der Waals surface area contributed by atoms with Crippen LogP contribution < -0.4 is 0 Å². The molecule has 0 aromatic carbocycles. The highest BCUT2D eigenvalue weighted by Crippen LogP contribution is 2.19. The van der Waals surface area contributed by atoms with E-state index in [0.717, 1.165) is 11.4 Å². The number of hydrogen-bond donors (Lipinski definition) is 1. The molecule has 0 aliphatic carbocycles. The first-order valence-electron chi connectivity index (χ1n) is 4.44. The van der Waals surface area contributed by atoms with E-state index in [4.69, 9.17) is 5.11 Å². The quantitative estimate of drug-likeness (QED) is 0.861. The number of imidazole rings is 1. The average Bonchev–Trinajstić information content (AvgIpc) is 2.77. The number of aryl methyl sites for hydroxylation is 1. The minimum atomic E-state index is -0.866. The summed E-state index contributed by atoms with van der Waals surface area (Å²) in [7, 11) is 1.90. The summed E-state index contributed by atoms with van der Waals surface area (Å²) in [4.78, 5) is 15.4. The van der Waals surface area contributed by atoms with Crippen LogP contribution in [0.25, 0.3) is 0 Å². The third kappa shape index (κ3) is 1.92. The molecule has 0 aliphatic rings. The average molecular weight is 222 g/mol. The van der Waals surface area contributed by atoms with Gasteiger partial charge in [0.1, 0.15) is 10.7 Å². The van der Waals surface area contributed by atoms with Crippen molar-refractivity contribution in [2.24, 2.45) is 7.05 Å². The van der Waals surface area contributed by atoms with E-state index in [9.17, 15) is 4.79 Å². The van der Waals surface area contributed by atoms with Crippen LogP contribution in [0.2, 0.25) is 0 Å². The molecule has 0 unspecified atom stereocenters. The van der Waals surface area contributed by atoms with Crippen LogP contribution in [-0.2, 0) is 13.5 Å². The lowest BCUT2D eigenvalue weighted by Crippen LogP contribution is -2.02. The summed E-state index contributed by atoms with van der Waals surface area (Å²) in [5.41, 5.74) is 0.821. The number of carboxylic acid groups (broad SMARTS) is 1. The Labute approximate surface area is 90.8 Å². The van der Waals surface area contributed by atoms with Crippen molar-refractivity contribution in [3.05, 3.63) is 40.1 Å². The van der Waals surface area contributed by atoms with E-state index in [1.54, 1.807) is 11.6 Å². The summed E-state index contributed by atoms with van der Waals surface area (Å²) in [5.74, 6) is 0.00473. The minimum absolute atomic E-state index is 0.401. The Morgan fingerprint density at radius 3 is 3.07 bits per heavy atom. The number of nitrogens with zero attached hydrogens (tertiary/aromatic N) is 2. The van der Waals surface area contributed by atoms with Gasteiger partial charge in [-0.15, -0.1) is 11.3 Å². The van der Waals surface area contributed by atoms with Gasteiger partial charge in [-0.05, 0) is 17.0 Å². The van der Waals surface area contributed by atoms with Gasteiger partial charge in [-0.2, -0.15) is 0 Å². The Kier molecular flexibility index (Phi) is 2.55. The monoisotopic (exact) mass is 222 g/mol. The fourth-order valence-electron chi connectivity index (χ4n) is 1.40. The molecule has 0 radical (unpaired) electrons. The van der Waals surface area contributed by atoms with Gasteiger partial charge >= 0.3 is 5.97 Å². The van der Waals surface area contributed by atoms with E-state index in [-0.39, 0.29) is 0 Å². The highest BCUT2D eigenvalue weighted by molar-refractivity contribution is 7.12. The number of thiophene rings is 1. The van der Waals surface area contributed by atoms with E-state index >= 15 is 0 Å². The van der Waals surface area contributed by atoms with Gasteiger partial charge in [-0.25, -0.2) is 9.78 Å². The maximum absolute atomic E-state index is 10.9. The standard InChI is InChI=1S/C10H10N2O2S/c1-12-4-3-11-8(12)6-7-2-5-15-9(7)10(13)14/h2-5H,6H2,1H3,(H,13,14).